The predicted molar refractivity (Wildman–Crippen MR) is 280 cm³/mol. The maximum atomic E-state index is 5.29. The first kappa shape index (κ1) is 38.9. The van der Waals surface area contributed by atoms with Gasteiger partial charge < -0.3 is 0 Å². The highest BCUT2D eigenvalue weighted by Gasteiger charge is 2.35. The second-order valence-corrected chi connectivity index (χ2v) is 18.4. The minimum atomic E-state index is -0.0599. The van der Waals surface area contributed by atoms with E-state index < -0.39 is 0 Å². The summed E-state index contributed by atoms with van der Waals surface area (Å²) in [5.41, 5.74) is 17.0. The number of rotatable bonds is 6. The molecule has 67 heavy (non-hydrogen) atoms. The van der Waals surface area contributed by atoms with Gasteiger partial charge in [0.2, 0.25) is 0 Å². The largest absolute Gasteiger partial charge is 0.264 e. The van der Waals surface area contributed by atoms with Crippen LogP contribution in [0, 0.1) is 0 Å². The maximum absolute atomic E-state index is 5.29. The van der Waals surface area contributed by atoms with Gasteiger partial charge in [0.25, 0.3) is 0 Å². The summed E-state index contributed by atoms with van der Waals surface area (Å²) < 4.78 is 0. The smallest absolute Gasteiger partial charge is 0.160 e. The molecular weight excluding hydrogens is 811 g/mol. The average Bonchev–Trinajstić information content (AvgIpc) is 3.63. The second kappa shape index (κ2) is 15.3. The molecule has 13 rings (SSSR count). The fourth-order valence-corrected chi connectivity index (χ4v) is 10.8. The highest BCUT2D eigenvalue weighted by molar-refractivity contribution is 6.33. The number of nitrogens with zero attached hydrogens (tertiary/aromatic N) is 3. The van der Waals surface area contributed by atoms with Crippen molar-refractivity contribution in [1.82, 2.24) is 15.0 Å². The number of benzene rings is 10. The molecule has 0 saturated carbocycles. The van der Waals surface area contributed by atoms with E-state index in [0.717, 1.165) is 44.8 Å². The lowest BCUT2D eigenvalue weighted by Gasteiger charge is -2.22. The number of hydrogen-bond donors (Lipinski definition) is 0. The topological polar surface area (TPSA) is 38.7 Å². The summed E-state index contributed by atoms with van der Waals surface area (Å²) >= 11 is 0. The Kier molecular flexibility index (Phi) is 8.88. The second-order valence-electron chi connectivity index (χ2n) is 18.4. The zero-order valence-electron chi connectivity index (χ0n) is 37.2. The van der Waals surface area contributed by atoms with Crippen LogP contribution in [0.2, 0.25) is 0 Å². The van der Waals surface area contributed by atoms with Crippen molar-refractivity contribution in [3.63, 3.8) is 0 Å². The number of hydrogen-bond acceptors (Lipinski definition) is 3. The molecule has 2 heterocycles. The van der Waals surface area contributed by atoms with Crippen molar-refractivity contribution in [3.05, 3.63) is 236 Å². The van der Waals surface area contributed by atoms with Crippen LogP contribution in [-0.2, 0) is 5.41 Å². The van der Waals surface area contributed by atoms with Crippen LogP contribution in [0.1, 0.15) is 25.0 Å². The van der Waals surface area contributed by atoms with E-state index in [2.05, 4.69) is 225 Å². The summed E-state index contributed by atoms with van der Waals surface area (Å²) in [7, 11) is 0. The van der Waals surface area contributed by atoms with Crippen molar-refractivity contribution in [3.8, 4) is 78.4 Å². The van der Waals surface area contributed by atoms with Gasteiger partial charge in [0.1, 0.15) is 0 Å². The molecule has 0 amide bonds. The molecule has 0 bridgehead atoms. The van der Waals surface area contributed by atoms with E-state index in [1.165, 1.54) is 82.0 Å². The highest BCUT2D eigenvalue weighted by atomic mass is 14.9. The molecule has 1 aliphatic rings. The van der Waals surface area contributed by atoms with Gasteiger partial charge in [-0.1, -0.05) is 196 Å². The summed E-state index contributed by atoms with van der Waals surface area (Å²) in [4.78, 5) is 15.0. The predicted octanol–water partition coefficient (Wildman–Crippen LogP) is 16.8. The van der Waals surface area contributed by atoms with Gasteiger partial charge >= 0.3 is 0 Å². The summed E-state index contributed by atoms with van der Waals surface area (Å²) in [6.45, 7) is 4.67. The van der Waals surface area contributed by atoms with Gasteiger partial charge in [-0.05, 0) is 123 Å². The van der Waals surface area contributed by atoms with E-state index in [-0.39, 0.29) is 5.41 Å². The maximum Gasteiger partial charge on any atom is 0.160 e. The average molecular weight is 854 g/mol. The van der Waals surface area contributed by atoms with Gasteiger partial charge in [-0.25, -0.2) is 9.97 Å². The van der Waals surface area contributed by atoms with Gasteiger partial charge in [0, 0.05) is 40.1 Å². The molecular formula is C64H43N3. The van der Waals surface area contributed by atoms with Gasteiger partial charge in [0.05, 0.1) is 11.4 Å². The van der Waals surface area contributed by atoms with Gasteiger partial charge in [-0.15, -0.1) is 0 Å². The number of aromatic nitrogens is 3. The molecule has 0 N–H and O–H groups in total. The Hall–Kier alpha value is -8.53. The Labute approximate surface area is 389 Å². The molecule has 0 radical (unpaired) electrons. The van der Waals surface area contributed by atoms with Crippen LogP contribution in [0.25, 0.3) is 122 Å². The molecule has 3 nitrogen and oxygen atoms in total. The Morgan fingerprint density at radius 1 is 0.313 bits per heavy atom. The van der Waals surface area contributed by atoms with Crippen LogP contribution < -0.4 is 0 Å². The van der Waals surface area contributed by atoms with Crippen LogP contribution >= 0.6 is 0 Å². The summed E-state index contributed by atoms with van der Waals surface area (Å²) in [6, 6.07) is 77.1. The van der Waals surface area contributed by atoms with E-state index in [1.54, 1.807) is 6.20 Å². The van der Waals surface area contributed by atoms with Crippen LogP contribution in [0.4, 0.5) is 0 Å². The van der Waals surface area contributed by atoms with Crippen molar-refractivity contribution in [2.75, 3.05) is 0 Å². The van der Waals surface area contributed by atoms with Crippen LogP contribution in [-0.4, -0.2) is 15.0 Å². The lowest BCUT2D eigenvalue weighted by Crippen LogP contribution is -2.14. The standard InChI is InChI=1S/C64H43N3/c1-64(2)58-23-10-9-20-52(58)53-33-32-45(36-59(53)64)40-24-28-42(29-25-40)60-38-61(67-63(66-60)46-14-11-13-44(35-46)47-15-12-34-65-39-47)43-30-26-41(27-31-43)56-37-57-50-18-4-3-16-48(50)49-17-5-7-21-54(49)62(57)55-22-8-6-19-51(55)56/h3-39H,1-2H3. The first-order chi connectivity index (χ1) is 33.0. The molecule has 0 spiro atoms. The fraction of sp³-hybridized carbons (Fsp3) is 0.0469. The Bertz CT molecular complexity index is 3920. The van der Waals surface area contributed by atoms with Crippen LogP contribution in [0.3, 0.4) is 0 Å². The first-order valence-corrected chi connectivity index (χ1v) is 23.1. The van der Waals surface area contributed by atoms with E-state index in [9.17, 15) is 0 Å². The van der Waals surface area contributed by atoms with E-state index in [1.807, 2.05) is 12.3 Å². The SMILES string of the molecule is CC1(C)c2ccccc2-c2ccc(-c3ccc(-c4cc(-c5ccc(-c6cc7c8ccccc8c8ccccc8c7c7ccccc67)cc5)nc(-c5cccc(-c6cccnc6)c5)n4)cc3)cc21. The molecule has 0 fully saturated rings. The zero-order chi connectivity index (χ0) is 44.6. The van der Waals surface area contributed by atoms with Crippen molar-refractivity contribution in [1.29, 1.82) is 0 Å². The van der Waals surface area contributed by atoms with E-state index in [0.29, 0.717) is 5.82 Å². The molecule has 3 heteroatoms. The third-order valence-corrected chi connectivity index (χ3v) is 14.2. The fourth-order valence-electron chi connectivity index (χ4n) is 10.8. The third-order valence-electron chi connectivity index (χ3n) is 14.2. The van der Waals surface area contributed by atoms with Crippen molar-refractivity contribution in [2.45, 2.75) is 19.3 Å². The molecule has 314 valence electrons. The Morgan fingerprint density at radius 2 is 0.836 bits per heavy atom. The molecule has 0 aliphatic heterocycles. The molecule has 1 aliphatic carbocycles. The molecule has 2 aromatic heterocycles. The molecule has 10 aromatic carbocycles. The van der Waals surface area contributed by atoms with Crippen molar-refractivity contribution < 1.29 is 0 Å². The Morgan fingerprint density at radius 3 is 1.54 bits per heavy atom. The van der Waals surface area contributed by atoms with Crippen molar-refractivity contribution in [2.24, 2.45) is 0 Å². The number of pyridine rings is 1. The van der Waals surface area contributed by atoms with Gasteiger partial charge in [0.15, 0.2) is 5.82 Å². The normalized spacial score (nSPS) is 12.7. The summed E-state index contributed by atoms with van der Waals surface area (Å²) in [5.74, 6) is 0.673. The minimum Gasteiger partial charge on any atom is -0.264 e. The summed E-state index contributed by atoms with van der Waals surface area (Å²) in [5, 5.41) is 10.2. The molecule has 0 unspecified atom stereocenters. The Balaban J connectivity index is 0.917. The van der Waals surface area contributed by atoms with Crippen LogP contribution in [0.15, 0.2) is 225 Å². The lowest BCUT2D eigenvalue weighted by molar-refractivity contribution is 0.660. The number of fused-ring (bicyclic) bond motifs is 11. The van der Waals surface area contributed by atoms with E-state index in [4.69, 9.17) is 9.97 Å². The minimum absolute atomic E-state index is 0.0599. The zero-order valence-corrected chi connectivity index (χ0v) is 37.2. The molecule has 0 saturated heterocycles. The van der Waals surface area contributed by atoms with E-state index >= 15 is 0 Å². The highest BCUT2D eigenvalue weighted by Crippen LogP contribution is 2.50. The van der Waals surface area contributed by atoms with Gasteiger partial charge in [-0.2, -0.15) is 0 Å². The van der Waals surface area contributed by atoms with Crippen molar-refractivity contribution >= 4 is 43.1 Å². The summed E-state index contributed by atoms with van der Waals surface area (Å²) in [6.07, 6.45) is 3.70. The lowest BCUT2D eigenvalue weighted by atomic mass is 9.81. The first-order valence-electron chi connectivity index (χ1n) is 23.1. The third kappa shape index (κ3) is 6.38. The quantitative estimate of drug-likeness (QED) is 0.156. The molecule has 12 aromatic rings. The van der Waals surface area contributed by atoms with Crippen LogP contribution in [0.5, 0.6) is 0 Å². The van der Waals surface area contributed by atoms with Gasteiger partial charge in [-0.3, -0.25) is 4.98 Å². The monoisotopic (exact) mass is 853 g/mol. The molecule has 0 atom stereocenters.